The molecule has 0 bridgehead atoms. The molecule has 3 fully saturated rings. The van der Waals surface area contributed by atoms with Crippen LogP contribution in [0.3, 0.4) is 0 Å². The number of ether oxygens (including phenoxy) is 2. The van der Waals surface area contributed by atoms with E-state index in [9.17, 15) is 0 Å². The van der Waals surface area contributed by atoms with Crippen molar-refractivity contribution in [3.8, 4) is 0 Å². The lowest BCUT2D eigenvalue weighted by molar-refractivity contribution is -0.0721. The van der Waals surface area contributed by atoms with Crippen LogP contribution in [0.4, 0.5) is 0 Å². The summed E-state index contributed by atoms with van der Waals surface area (Å²) in [6, 6.07) is 0.669. The number of nitrogens with one attached hydrogen (secondary N) is 1. The molecule has 1 unspecified atom stereocenters. The molecule has 5 heteroatoms. The van der Waals surface area contributed by atoms with Crippen LogP contribution in [-0.2, 0) is 9.47 Å². The minimum Gasteiger partial charge on any atom is -0.376 e. The van der Waals surface area contributed by atoms with Crippen molar-refractivity contribution < 1.29 is 9.47 Å². The summed E-state index contributed by atoms with van der Waals surface area (Å²) in [6.07, 6.45) is 9.18. The molecule has 1 aliphatic carbocycles. The second-order valence-electron chi connectivity index (χ2n) is 6.72. The summed E-state index contributed by atoms with van der Waals surface area (Å²) >= 11 is 0. The molecule has 0 aromatic rings. The molecule has 0 aromatic heterocycles. The van der Waals surface area contributed by atoms with Gasteiger partial charge < -0.3 is 19.7 Å². The third-order valence-electron chi connectivity index (χ3n) is 4.75. The highest BCUT2D eigenvalue weighted by molar-refractivity contribution is 5.80. The third-order valence-corrected chi connectivity index (χ3v) is 4.75. The molecule has 3 rings (SSSR count). The van der Waals surface area contributed by atoms with Crippen LogP contribution in [0.15, 0.2) is 4.99 Å². The predicted octanol–water partition coefficient (Wildman–Crippen LogP) is 2.16. The van der Waals surface area contributed by atoms with Crippen molar-refractivity contribution >= 4 is 5.96 Å². The fourth-order valence-corrected chi connectivity index (χ4v) is 3.21. The van der Waals surface area contributed by atoms with E-state index < -0.39 is 0 Å². The summed E-state index contributed by atoms with van der Waals surface area (Å²) in [7, 11) is 0. The van der Waals surface area contributed by atoms with Gasteiger partial charge in [0.2, 0.25) is 0 Å². The molecule has 1 atom stereocenters. The van der Waals surface area contributed by atoms with Crippen molar-refractivity contribution in [3.63, 3.8) is 0 Å². The lowest BCUT2D eigenvalue weighted by atomic mass is 10.1. The van der Waals surface area contributed by atoms with Crippen LogP contribution in [0.5, 0.6) is 0 Å². The highest BCUT2D eigenvalue weighted by Crippen LogP contribution is 2.21. The lowest BCUT2D eigenvalue weighted by Crippen LogP contribution is -2.48. The molecule has 0 aromatic carbocycles. The summed E-state index contributed by atoms with van der Waals surface area (Å²) in [5.41, 5.74) is 0. The van der Waals surface area contributed by atoms with Crippen LogP contribution >= 0.6 is 0 Å². The van der Waals surface area contributed by atoms with Crippen molar-refractivity contribution in [1.82, 2.24) is 10.2 Å². The van der Waals surface area contributed by atoms with Gasteiger partial charge in [0.1, 0.15) is 0 Å². The van der Waals surface area contributed by atoms with E-state index in [1.807, 2.05) is 0 Å². The fourth-order valence-electron chi connectivity index (χ4n) is 3.21. The van der Waals surface area contributed by atoms with Crippen molar-refractivity contribution in [2.24, 2.45) is 4.99 Å². The monoisotopic (exact) mass is 309 g/mol. The van der Waals surface area contributed by atoms with Crippen LogP contribution in [-0.4, -0.2) is 62.0 Å². The average Bonchev–Trinajstić information content (AvgIpc) is 3.38. The first-order valence-corrected chi connectivity index (χ1v) is 9.14. The first-order chi connectivity index (χ1) is 10.8. The van der Waals surface area contributed by atoms with Crippen molar-refractivity contribution in [3.05, 3.63) is 0 Å². The van der Waals surface area contributed by atoms with Crippen LogP contribution in [0, 0.1) is 0 Å². The Balaban J connectivity index is 1.38. The average molecular weight is 309 g/mol. The molecule has 1 saturated carbocycles. The fraction of sp³-hybridized carbons (Fsp3) is 0.941. The summed E-state index contributed by atoms with van der Waals surface area (Å²) in [5.74, 6) is 1.11. The number of rotatable bonds is 5. The van der Waals surface area contributed by atoms with Gasteiger partial charge in [-0.3, -0.25) is 4.99 Å². The molecule has 1 N–H and O–H groups in total. The van der Waals surface area contributed by atoms with E-state index in [0.717, 1.165) is 58.1 Å². The first-order valence-electron chi connectivity index (χ1n) is 9.14. The number of likely N-dealkylation sites (tertiary alicyclic amines) is 1. The Morgan fingerprint density at radius 1 is 1.18 bits per heavy atom. The Morgan fingerprint density at radius 2 is 2.00 bits per heavy atom. The molecule has 126 valence electrons. The number of hydrogen-bond acceptors (Lipinski definition) is 3. The Bertz CT molecular complexity index is 357. The van der Waals surface area contributed by atoms with Gasteiger partial charge in [0, 0.05) is 32.3 Å². The lowest BCUT2D eigenvalue weighted by Gasteiger charge is -2.35. The van der Waals surface area contributed by atoms with E-state index >= 15 is 0 Å². The van der Waals surface area contributed by atoms with Gasteiger partial charge >= 0.3 is 0 Å². The Hall–Kier alpha value is -0.810. The molecule has 2 aliphatic heterocycles. The maximum absolute atomic E-state index is 6.09. The normalized spacial score (nSPS) is 28.0. The molecule has 2 heterocycles. The summed E-state index contributed by atoms with van der Waals surface area (Å²) in [6.45, 7) is 6.75. The van der Waals surface area contributed by atoms with Gasteiger partial charge in [-0.25, -0.2) is 0 Å². The zero-order valence-corrected chi connectivity index (χ0v) is 13.9. The minimum absolute atomic E-state index is 0.334. The van der Waals surface area contributed by atoms with Gasteiger partial charge in [-0.2, -0.15) is 0 Å². The predicted molar refractivity (Wildman–Crippen MR) is 88.3 cm³/mol. The molecule has 0 spiro atoms. The SMILES string of the molecule is CCN=C(NC1CC1)N1CCC(OCC2CCCCO2)CC1. The highest BCUT2D eigenvalue weighted by Gasteiger charge is 2.27. The van der Waals surface area contributed by atoms with Crippen molar-refractivity contribution in [1.29, 1.82) is 0 Å². The molecular weight excluding hydrogens is 278 g/mol. The summed E-state index contributed by atoms with van der Waals surface area (Å²) < 4.78 is 11.8. The Morgan fingerprint density at radius 3 is 2.64 bits per heavy atom. The maximum atomic E-state index is 6.09. The molecule has 2 saturated heterocycles. The van der Waals surface area contributed by atoms with E-state index in [1.165, 1.54) is 25.7 Å². The molecule has 0 amide bonds. The number of piperidine rings is 1. The minimum atomic E-state index is 0.334. The van der Waals surface area contributed by atoms with Crippen LogP contribution in [0.25, 0.3) is 0 Å². The second-order valence-corrected chi connectivity index (χ2v) is 6.72. The van der Waals surface area contributed by atoms with Gasteiger partial charge in [-0.15, -0.1) is 0 Å². The molecular formula is C17H31N3O2. The molecule has 5 nitrogen and oxygen atoms in total. The number of hydrogen-bond donors (Lipinski definition) is 1. The number of aliphatic imine (C=N–C) groups is 1. The Labute approximate surface area is 134 Å². The van der Waals surface area contributed by atoms with Gasteiger partial charge in [0.15, 0.2) is 5.96 Å². The van der Waals surface area contributed by atoms with E-state index in [4.69, 9.17) is 9.47 Å². The van der Waals surface area contributed by atoms with Crippen molar-refractivity contribution in [2.45, 2.75) is 70.1 Å². The second kappa shape index (κ2) is 8.16. The zero-order chi connectivity index (χ0) is 15.2. The number of guanidine groups is 1. The summed E-state index contributed by atoms with van der Waals surface area (Å²) in [4.78, 5) is 7.04. The highest BCUT2D eigenvalue weighted by atomic mass is 16.5. The van der Waals surface area contributed by atoms with Crippen LogP contribution < -0.4 is 5.32 Å². The van der Waals surface area contributed by atoms with Gasteiger partial charge in [-0.05, 0) is 51.9 Å². The largest absolute Gasteiger partial charge is 0.376 e. The standard InChI is InChI=1S/C17H31N3O2/c1-2-18-17(19-14-6-7-14)20-10-8-15(9-11-20)22-13-16-5-3-4-12-21-16/h14-16H,2-13H2,1H3,(H,18,19). The van der Waals surface area contributed by atoms with Crippen molar-refractivity contribution in [2.75, 3.05) is 32.8 Å². The van der Waals surface area contributed by atoms with E-state index in [0.29, 0.717) is 18.2 Å². The van der Waals surface area contributed by atoms with E-state index in [-0.39, 0.29) is 0 Å². The molecule has 0 radical (unpaired) electrons. The van der Waals surface area contributed by atoms with Crippen LogP contribution in [0.1, 0.15) is 51.9 Å². The van der Waals surface area contributed by atoms with Gasteiger partial charge in [0.05, 0.1) is 18.8 Å². The van der Waals surface area contributed by atoms with E-state index in [2.05, 4.69) is 22.1 Å². The topological polar surface area (TPSA) is 46.1 Å². The third kappa shape index (κ3) is 4.85. The van der Waals surface area contributed by atoms with Gasteiger partial charge in [0.25, 0.3) is 0 Å². The maximum Gasteiger partial charge on any atom is 0.194 e. The van der Waals surface area contributed by atoms with E-state index in [1.54, 1.807) is 0 Å². The van der Waals surface area contributed by atoms with Gasteiger partial charge in [-0.1, -0.05) is 0 Å². The summed E-state index contributed by atoms with van der Waals surface area (Å²) in [5, 5.41) is 3.58. The first kappa shape index (κ1) is 16.1. The molecule has 22 heavy (non-hydrogen) atoms. The quantitative estimate of drug-likeness (QED) is 0.624. The Kier molecular flexibility index (Phi) is 5.96. The molecule has 3 aliphatic rings. The smallest absolute Gasteiger partial charge is 0.194 e. The zero-order valence-electron chi connectivity index (χ0n) is 13.9. The number of nitrogens with zero attached hydrogens (tertiary/aromatic N) is 2. The van der Waals surface area contributed by atoms with Crippen LogP contribution in [0.2, 0.25) is 0 Å².